The summed E-state index contributed by atoms with van der Waals surface area (Å²) in [6, 6.07) is 5.02. The van der Waals surface area contributed by atoms with Gasteiger partial charge < -0.3 is 19.5 Å². The summed E-state index contributed by atoms with van der Waals surface area (Å²) < 4.78 is 67.9. The molecular formula is C30H31F4N3O5. The zero-order valence-electron chi connectivity index (χ0n) is 23.3. The van der Waals surface area contributed by atoms with Crippen molar-refractivity contribution in [3.63, 3.8) is 0 Å². The van der Waals surface area contributed by atoms with Crippen LogP contribution in [0.1, 0.15) is 67.9 Å². The lowest BCUT2D eigenvalue weighted by atomic mass is 9.82. The van der Waals surface area contributed by atoms with Gasteiger partial charge >= 0.3 is 12.1 Å². The zero-order chi connectivity index (χ0) is 30.6. The SMILES string of the molecule is CC1CCC(C(=O)N(c2cc(F)c(Oc3ncc(COc4cccnc4)cc3C(F)(F)F)cc2C(=O)O)C(C)C)CC1. The molecule has 0 unspecified atom stereocenters. The Kier molecular flexibility index (Phi) is 9.33. The molecule has 2 aromatic heterocycles. The smallest absolute Gasteiger partial charge is 0.421 e. The van der Waals surface area contributed by atoms with Crippen molar-refractivity contribution in [2.75, 3.05) is 4.90 Å². The first kappa shape index (κ1) is 30.7. The molecule has 0 bridgehead atoms. The Hall–Kier alpha value is -4.22. The first-order valence-corrected chi connectivity index (χ1v) is 13.5. The second-order valence-electron chi connectivity index (χ2n) is 10.6. The Balaban J connectivity index is 1.66. The van der Waals surface area contributed by atoms with Gasteiger partial charge in [-0.25, -0.2) is 14.2 Å². The quantitative estimate of drug-likeness (QED) is 0.262. The standard InChI is InChI=1S/C30H31F4N3O5/c1-17(2)37(28(38)20-8-6-18(3)7-9-20)25-13-24(31)26(12-22(25)29(39)40)42-27-23(30(32,33)34)11-19(14-36-27)16-41-21-5-4-10-35-15-21/h4-5,10-15,17-18,20H,6-9,16H2,1-3H3,(H,39,40). The van der Waals surface area contributed by atoms with Crippen molar-refractivity contribution in [3.8, 4) is 17.4 Å². The van der Waals surface area contributed by atoms with Crippen LogP contribution in [0.2, 0.25) is 0 Å². The molecule has 0 saturated heterocycles. The minimum atomic E-state index is -4.93. The van der Waals surface area contributed by atoms with Crippen molar-refractivity contribution in [3.05, 3.63) is 71.4 Å². The molecule has 0 aliphatic heterocycles. The fourth-order valence-corrected chi connectivity index (χ4v) is 4.91. The number of anilines is 1. The molecule has 42 heavy (non-hydrogen) atoms. The summed E-state index contributed by atoms with van der Waals surface area (Å²) in [6.45, 7) is 5.19. The number of nitrogens with zero attached hydrogens (tertiary/aromatic N) is 3. The van der Waals surface area contributed by atoms with Crippen molar-refractivity contribution in [2.45, 2.75) is 65.3 Å². The minimum Gasteiger partial charge on any atom is -0.487 e. The van der Waals surface area contributed by atoms with Crippen LogP contribution in [-0.4, -0.2) is 33.0 Å². The summed E-state index contributed by atoms with van der Waals surface area (Å²) >= 11 is 0. The van der Waals surface area contributed by atoms with Crippen LogP contribution >= 0.6 is 0 Å². The van der Waals surface area contributed by atoms with Crippen LogP contribution in [-0.2, 0) is 17.6 Å². The molecule has 0 atom stereocenters. The normalized spacial score (nSPS) is 17.1. The Bertz CT molecular complexity index is 1420. The number of halogens is 4. The number of pyridine rings is 2. The molecule has 1 N–H and O–H groups in total. The maximum atomic E-state index is 15.4. The summed E-state index contributed by atoms with van der Waals surface area (Å²) in [6.07, 6.45) is 2.00. The van der Waals surface area contributed by atoms with E-state index >= 15 is 4.39 Å². The van der Waals surface area contributed by atoms with E-state index in [-0.39, 0.29) is 29.7 Å². The average Bonchev–Trinajstić information content (AvgIpc) is 2.93. The summed E-state index contributed by atoms with van der Waals surface area (Å²) in [7, 11) is 0. The molecule has 2 heterocycles. The van der Waals surface area contributed by atoms with Gasteiger partial charge in [0.1, 0.15) is 17.9 Å². The van der Waals surface area contributed by atoms with Crippen LogP contribution in [0, 0.1) is 17.7 Å². The Morgan fingerprint density at radius 3 is 2.43 bits per heavy atom. The van der Waals surface area contributed by atoms with Gasteiger partial charge in [-0.3, -0.25) is 9.78 Å². The molecule has 1 aliphatic rings. The van der Waals surface area contributed by atoms with Crippen LogP contribution in [0.25, 0.3) is 0 Å². The number of amides is 1. The van der Waals surface area contributed by atoms with E-state index in [4.69, 9.17) is 9.47 Å². The monoisotopic (exact) mass is 589 g/mol. The lowest BCUT2D eigenvalue weighted by Gasteiger charge is -2.34. The molecule has 1 fully saturated rings. The van der Waals surface area contributed by atoms with Crippen molar-refractivity contribution >= 4 is 17.6 Å². The highest BCUT2D eigenvalue weighted by molar-refractivity contribution is 6.03. The van der Waals surface area contributed by atoms with Crippen LogP contribution in [0.5, 0.6) is 17.4 Å². The summed E-state index contributed by atoms with van der Waals surface area (Å²) in [5.41, 5.74) is -1.94. The van der Waals surface area contributed by atoms with Gasteiger partial charge in [0.25, 0.3) is 0 Å². The molecule has 224 valence electrons. The molecule has 1 aliphatic carbocycles. The number of benzene rings is 1. The first-order chi connectivity index (χ1) is 19.8. The summed E-state index contributed by atoms with van der Waals surface area (Å²) in [5.74, 6) is -4.26. The third-order valence-corrected chi connectivity index (χ3v) is 7.12. The highest BCUT2D eigenvalue weighted by atomic mass is 19.4. The molecule has 1 amide bonds. The first-order valence-electron chi connectivity index (χ1n) is 13.5. The van der Waals surface area contributed by atoms with E-state index in [2.05, 4.69) is 16.9 Å². The van der Waals surface area contributed by atoms with Crippen molar-refractivity contribution in [1.29, 1.82) is 0 Å². The number of rotatable bonds is 9. The van der Waals surface area contributed by atoms with E-state index in [0.717, 1.165) is 37.2 Å². The summed E-state index contributed by atoms with van der Waals surface area (Å²) in [5, 5.41) is 9.95. The van der Waals surface area contributed by atoms with E-state index in [1.54, 1.807) is 26.0 Å². The molecule has 8 nitrogen and oxygen atoms in total. The van der Waals surface area contributed by atoms with E-state index in [1.807, 2.05) is 0 Å². The lowest BCUT2D eigenvalue weighted by Crippen LogP contribution is -2.43. The number of carboxylic acids is 1. The Morgan fingerprint density at radius 1 is 1.12 bits per heavy atom. The number of carbonyl (C=O) groups excluding carboxylic acids is 1. The number of carboxylic acid groups (broad SMARTS) is 1. The molecule has 4 rings (SSSR count). The number of alkyl halides is 3. The van der Waals surface area contributed by atoms with Gasteiger partial charge in [0.2, 0.25) is 11.8 Å². The van der Waals surface area contributed by atoms with Crippen LogP contribution < -0.4 is 14.4 Å². The molecule has 0 spiro atoms. The summed E-state index contributed by atoms with van der Waals surface area (Å²) in [4.78, 5) is 34.5. The largest absolute Gasteiger partial charge is 0.487 e. The molecule has 1 aromatic carbocycles. The third kappa shape index (κ3) is 7.15. The molecule has 1 saturated carbocycles. The number of carbonyl (C=O) groups is 2. The Labute approximate surface area is 240 Å². The molecule has 0 radical (unpaired) electrons. The van der Waals surface area contributed by atoms with Gasteiger partial charge in [0.05, 0.1) is 17.4 Å². The van der Waals surface area contributed by atoms with Crippen molar-refractivity contribution in [1.82, 2.24) is 9.97 Å². The maximum absolute atomic E-state index is 15.4. The van der Waals surface area contributed by atoms with E-state index in [9.17, 15) is 27.9 Å². The average molecular weight is 590 g/mol. The third-order valence-electron chi connectivity index (χ3n) is 7.12. The number of ether oxygens (including phenoxy) is 2. The van der Waals surface area contributed by atoms with Gasteiger partial charge in [-0.2, -0.15) is 13.2 Å². The lowest BCUT2D eigenvalue weighted by molar-refractivity contribution is -0.139. The van der Waals surface area contributed by atoms with Gasteiger partial charge in [-0.05, 0) is 63.6 Å². The zero-order valence-corrected chi connectivity index (χ0v) is 23.3. The topological polar surface area (TPSA) is 102 Å². The predicted octanol–water partition coefficient (Wildman–Crippen LogP) is 7.27. The Morgan fingerprint density at radius 2 is 1.83 bits per heavy atom. The van der Waals surface area contributed by atoms with Crippen LogP contribution in [0.3, 0.4) is 0 Å². The number of hydrogen-bond donors (Lipinski definition) is 1. The second-order valence-corrected chi connectivity index (χ2v) is 10.6. The van der Waals surface area contributed by atoms with Gasteiger partial charge in [0.15, 0.2) is 11.6 Å². The molecule has 3 aromatic rings. The fraction of sp³-hybridized carbons (Fsp3) is 0.400. The van der Waals surface area contributed by atoms with Gasteiger partial charge in [-0.1, -0.05) is 6.92 Å². The van der Waals surface area contributed by atoms with Crippen molar-refractivity contribution < 1.29 is 41.7 Å². The van der Waals surface area contributed by atoms with Gasteiger partial charge in [0, 0.05) is 42.0 Å². The highest BCUT2D eigenvalue weighted by Gasteiger charge is 2.37. The second kappa shape index (κ2) is 12.7. The minimum absolute atomic E-state index is 0.0590. The van der Waals surface area contributed by atoms with E-state index in [1.165, 1.54) is 17.3 Å². The van der Waals surface area contributed by atoms with E-state index < -0.39 is 46.8 Å². The van der Waals surface area contributed by atoms with Crippen LogP contribution in [0.4, 0.5) is 23.2 Å². The number of aromatic nitrogens is 2. The highest BCUT2D eigenvalue weighted by Crippen LogP contribution is 2.40. The van der Waals surface area contributed by atoms with Crippen LogP contribution in [0.15, 0.2) is 48.9 Å². The molecule has 12 heteroatoms. The van der Waals surface area contributed by atoms with Crippen molar-refractivity contribution in [2.24, 2.45) is 11.8 Å². The number of hydrogen-bond acceptors (Lipinski definition) is 6. The maximum Gasteiger partial charge on any atom is 0.421 e. The fourth-order valence-electron chi connectivity index (χ4n) is 4.91. The predicted molar refractivity (Wildman–Crippen MR) is 145 cm³/mol. The van der Waals surface area contributed by atoms with Gasteiger partial charge in [-0.15, -0.1) is 0 Å². The molecular weight excluding hydrogens is 558 g/mol. The van der Waals surface area contributed by atoms with E-state index in [0.29, 0.717) is 24.5 Å². The number of aromatic carboxylic acids is 1.